The third-order valence-corrected chi connectivity index (χ3v) is 2.91. The minimum absolute atomic E-state index is 0. The summed E-state index contributed by atoms with van der Waals surface area (Å²) in [5, 5.41) is 0. The van der Waals surface area contributed by atoms with Gasteiger partial charge in [0.2, 0.25) is 6.33 Å². The Morgan fingerprint density at radius 3 is 1.52 bits per heavy atom. The van der Waals surface area contributed by atoms with E-state index in [0.29, 0.717) is 4.57 Å². The van der Waals surface area contributed by atoms with Crippen LogP contribution in [0.15, 0.2) is 18.5 Å². The lowest BCUT2D eigenvalue weighted by atomic mass is 9.94. The predicted molar refractivity (Wildman–Crippen MR) is 63.2 cm³/mol. The number of rotatable bonds is 6. The fourth-order valence-corrected chi connectivity index (χ4v) is 1.41. The van der Waals surface area contributed by atoms with Crippen LogP contribution in [0.1, 0.15) is 0 Å². The molecule has 0 spiro atoms. The standard InChI is InChI=1S/C11H5F13N2.ClH/c12-6(13,1-3-26-4-2-25-5-26)7(14,15)8(16,17)9(18,19)10(20,21)11(22,23)24;/h1-4,25H;1H. The van der Waals surface area contributed by atoms with Crippen LogP contribution in [0.3, 0.4) is 0 Å². The van der Waals surface area contributed by atoms with Crippen LogP contribution in [0.4, 0.5) is 57.1 Å². The molecule has 0 atom stereocenters. The van der Waals surface area contributed by atoms with Crippen molar-refractivity contribution in [1.29, 1.82) is 0 Å². The molecule has 0 unspecified atom stereocenters. The van der Waals surface area contributed by atoms with Gasteiger partial charge < -0.3 is 9.55 Å². The number of hydrogen-bond acceptors (Lipinski definition) is 0. The zero-order valence-corrected chi connectivity index (χ0v) is 12.9. The zero-order valence-electron chi connectivity index (χ0n) is 12.1. The molecular weight excluding hydrogens is 443 g/mol. The smallest absolute Gasteiger partial charge is 0.332 e. The van der Waals surface area contributed by atoms with Crippen LogP contribution >= 0.6 is 12.4 Å². The molecule has 0 fully saturated rings. The molecule has 0 radical (unpaired) electrons. The minimum atomic E-state index is -7.90. The second-order valence-corrected chi connectivity index (χ2v) is 4.71. The van der Waals surface area contributed by atoms with Crippen molar-refractivity contribution in [2.24, 2.45) is 0 Å². The van der Waals surface area contributed by atoms with E-state index in [1.807, 2.05) is 6.33 Å². The second-order valence-electron chi connectivity index (χ2n) is 4.71. The van der Waals surface area contributed by atoms with Crippen LogP contribution in [0.5, 0.6) is 0 Å². The van der Waals surface area contributed by atoms with E-state index >= 15 is 0 Å². The Morgan fingerprint density at radius 1 is 0.704 bits per heavy atom. The van der Waals surface area contributed by atoms with Crippen molar-refractivity contribution in [3.8, 4) is 0 Å². The quantitative estimate of drug-likeness (QED) is 0.443. The number of alkyl halides is 13. The van der Waals surface area contributed by atoms with Gasteiger partial charge in [-0.05, 0) is 6.08 Å². The molecule has 0 saturated carbocycles. The van der Waals surface area contributed by atoms with Crippen molar-refractivity contribution in [2.75, 3.05) is 0 Å². The minimum Gasteiger partial charge on any atom is -0.332 e. The molecule has 0 aliphatic rings. The van der Waals surface area contributed by atoms with Crippen molar-refractivity contribution in [3.63, 3.8) is 0 Å². The van der Waals surface area contributed by atoms with Crippen molar-refractivity contribution < 1.29 is 62.1 Å². The molecule has 0 aliphatic heterocycles. The highest BCUT2D eigenvalue weighted by Crippen LogP contribution is 2.60. The van der Waals surface area contributed by atoms with Crippen LogP contribution in [0.25, 0.3) is 6.20 Å². The average molecular weight is 449 g/mol. The van der Waals surface area contributed by atoms with Crippen LogP contribution in [-0.2, 0) is 0 Å². The first-order valence-corrected chi connectivity index (χ1v) is 5.94. The highest BCUT2D eigenvalue weighted by Gasteiger charge is 2.90. The Labute approximate surface area is 147 Å². The van der Waals surface area contributed by atoms with E-state index < -0.39 is 41.9 Å². The van der Waals surface area contributed by atoms with Crippen molar-refractivity contribution in [1.82, 2.24) is 4.57 Å². The summed E-state index contributed by atoms with van der Waals surface area (Å²) in [5.74, 6) is -37.0. The molecule has 158 valence electrons. The lowest BCUT2D eigenvalue weighted by Crippen LogP contribution is -2.69. The molecule has 0 bridgehead atoms. The van der Waals surface area contributed by atoms with Gasteiger partial charge in [0.15, 0.2) is 0 Å². The van der Waals surface area contributed by atoms with Gasteiger partial charge >= 0.3 is 35.8 Å². The normalized spacial score (nSPS) is 15.1. The molecule has 1 aromatic heterocycles. The Bertz CT molecular complexity index is 648. The Kier molecular flexibility index (Phi) is 6.62. The monoisotopic (exact) mass is 448 g/mol. The van der Waals surface area contributed by atoms with Crippen molar-refractivity contribution in [2.45, 2.75) is 35.8 Å². The molecule has 1 aromatic rings. The Morgan fingerprint density at radius 2 is 1.15 bits per heavy atom. The summed E-state index contributed by atoms with van der Waals surface area (Å²) in [6, 6.07) is 0. The number of nitrogens with zero attached hydrogens (tertiary/aromatic N) is 1. The van der Waals surface area contributed by atoms with E-state index in [1.165, 1.54) is 0 Å². The number of hydrogen-bond donors (Lipinski definition) is 0. The Hall–Kier alpha value is -1.67. The maximum absolute atomic E-state index is 13.3. The average Bonchev–Trinajstić information content (AvgIpc) is 2.96. The van der Waals surface area contributed by atoms with Gasteiger partial charge in [-0.25, -0.2) is 0 Å². The molecule has 16 heteroatoms. The van der Waals surface area contributed by atoms with Gasteiger partial charge in [0.1, 0.15) is 0 Å². The number of allylic oxidation sites excluding steroid dienone is 1. The molecule has 2 nitrogen and oxygen atoms in total. The van der Waals surface area contributed by atoms with E-state index in [0.717, 1.165) is 12.4 Å². The fraction of sp³-hybridized carbons (Fsp3) is 0.545. The predicted octanol–water partition coefficient (Wildman–Crippen LogP) is 4.73. The maximum atomic E-state index is 13.3. The molecule has 1 heterocycles. The van der Waals surface area contributed by atoms with Crippen molar-refractivity contribution >= 4 is 18.6 Å². The molecule has 0 saturated heterocycles. The number of aromatic nitrogens is 2. The number of halogens is 14. The van der Waals surface area contributed by atoms with Crippen LogP contribution < -0.4 is 4.98 Å². The number of imidazole rings is 1. The molecule has 27 heavy (non-hydrogen) atoms. The summed E-state index contributed by atoms with van der Waals surface area (Å²) < 4.78 is 166. The summed E-state index contributed by atoms with van der Waals surface area (Å²) in [6.07, 6.45) is -4.94. The first kappa shape index (κ1) is 25.3. The van der Waals surface area contributed by atoms with Gasteiger partial charge in [-0.15, -0.1) is 12.4 Å². The molecular formula is C11H6ClF13N2. The zero-order chi connectivity index (χ0) is 20.8. The summed E-state index contributed by atoms with van der Waals surface area (Å²) in [4.78, 5) is 2.06. The molecule has 1 rings (SSSR count). The lowest BCUT2D eigenvalue weighted by molar-refractivity contribution is -0.436. The topological polar surface area (TPSA) is 19.1 Å². The fourth-order valence-electron chi connectivity index (χ4n) is 1.41. The number of nitrogens with one attached hydrogen (secondary N) is 1. The van der Waals surface area contributed by atoms with Gasteiger partial charge in [0, 0.05) is 18.6 Å². The third-order valence-electron chi connectivity index (χ3n) is 2.91. The third kappa shape index (κ3) is 3.82. The Balaban J connectivity index is 0.00000676. The van der Waals surface area contributed by atoms with E-state index in [2.05, 4.69) is 4.98 Å². The maximum Gasteiger partial charge on any atom is 0.460 e. The lowest BCUT2D eigenvalue weighted by Gasteiger charge is -2.39. The SMILES string of the molecule is Cl.FC(F)(F)C(F)(F)C(F)(F)C(F)(F)C(F)(F)C(F)(F)C=Cn1[c-][nH+]cc1. The summed E-state index contributed by atoms with van der Waals surface area (Å²) in [7, 11) is 0. The first-order chi connectivity index (χ1) is 11.3. The van der Waals surface area contributed by atoms with E-state index in [4.69, 9.17) is 0 Å². The van der Waals surface area contributed by atoms with Crippen LogP contribution in [0, 0.1) is 6.33 Å². The number of aromatic amines is 1. The van der Waals surface area contributed by atoms with Gasteiger partial charge in [-0.1, -0.05) is 0 Å². The summed E-state index contributed by atoms with van der Waals surface area (Å²) in [6.45, 7) is 0. The summed E-state index contributed by atoms with van der Waals surface area (Å²) in [5.41, 5.74) is 0. The highest BCUT2D eigenvalue weighted by atomic mass is 35.5. The van der Waals surface area contributed by atoms with Gasteiger partial charge in [-0.3, -0.25) is 0 Å². The van der Waals surface area contributed by atoms with E-state index in [1.54, 1.807) is 0 Å². The van der Waals surface area contributed by atoms with Crippen LogP contribution in [-0.4, -0.2) is 40.4 Å². The second kappa shape index (κ2) is 7.05. The van der Waals surface area contributed by atoms with Crippen LogP contribution in [0.2, 0.25) is 0 Å². The summed E-state index contributed by atoms with van der Waals surface area (Å²) >= 11 is 0. The molecule has 0 aliphatic carbocycles. The first-order valence-electron chi connectivity index (χ1n) is 5.94. The molecule has 0 aromatic carbocycles. The largest absolute Gasteiger partial charge is 0.460 e. The van der Waals surface area contributed by atoms with Gasteiger partial charge in [0.05, 0.1) is 0 Å². The molecule has 1 N–H and O–H groups in total. The van der Waals surface area contributed by atoms with Gasteiger partial charge in [0.25, 0.3) is 0 Å². The van der Waals surface area contributed by atoms with E-state index in [-0.39, 0.29) is 18.6 Å². The molecule has 0 amide bonds. The van der Waals surface area contributed by atoms with Crippen molar-refractivity contribution in [3.05, 3.63) is 24.8 Å². The number of H-pyrrole nitrogens is 1. The van der Waals surface area contributed by atoms with E-state index in [9.17, 15) is 57.1 Å². The highest BCUT2D eigenvalue weighted by molar-refractivity contribution is 5.85. The van der Waals surface area contributed by atoms with Gasteiger partial charge in [-0.2, -0.15) is 57.1 Å².